The minimum atomic E-state index is -0.406. The number of anilines is 1. The predicted octanol–water partition coefficient (Wildman–Crippen LogP) is 3.43. The van der Waals surface area contributed by atoms with Gasteiger partial charge in [0.05, 0.1) is 11.9 Å². The van der Waals surface area contributed by atoms with Gasteiger partial charge in [-0.1, -0.05) is 17.7 Å². The second kappa shape index (κ2) is 5.14. The van der Waals surface area contributed by atoms with Crippen LogP contribution in [0.3, 0.4) is 0 Å². The second-order valence-corrected chi connectivity index (χ2v) is 4.17. The number of aryl methyl sites for hydroxylation is 1. The summed E-state index contributed by atoms with van der Waals surface area (Å²) in [6, 6.07) is 7.51. The lowest BCUT2D eigenvalue weighted by molar-refractivity contribution is 0.102. The van der Waals surface area contributed by atoms with E-state index in [0.29, 0.717) is 16.4 Å². The van der Waals surface area contributed by atoms with Gasteiger partial charge in [-0.15, -0.1) is 0 Å². The van der Waals surface area contributed by atoms with Gasteiger partial charge in [-0.25, -0.2) is 9.37 Å². The standard InChI is InChI=1S/C13H10ClFN2O/c1-8-2-3-9(6-11(8)15)13(18)17-10-4-5-12(14)16-7-10/h2-7H,1H3,(H,17,18). The number of pyridine rings is 1. The lowest BCUT2D eigenvalue weighted by atomic mass is 10.1. The van der Waals surface area contributed by atoms with Crippen molar-refractivity contribution in [3.05, 3.63) is 58.6 Å². The Labute approximate surface area is 109 Å². The minimum absolute atomic E-state index is 0.257. The SMILES string of the molecule is Cc1ccc(C(=O)Nc2ccc(Cl)nc2)cc1F. The average molecular weight is 265 g/mol. The van der Waals surface area contributed by atoms with Crippen molar-refractivity contribution >= 4 is 23.2 Å². The molecule has 0 radical (unpaired) electrons. The van der Waals surface area contributed by atoms with Gasteiger partial charge < -0.3 is 5.32 Å². The third-order valence-electron chi connectivity index (χ3n) is 2.42. The Morgan fingerprint density at radius 2 is 2.11 bits per heavy atom. The van der Waals surface area contributed by atoms with Crippen LogP contribution in [0.4, 0.5) is 10.1 Å². The van der Waals surface area contributed by atoms with Crippen molar-refractivity contribution in [1.29, 1.82) is 0 Å². The van der Waals surface area contributed by atoms with Gasteiger partial charge in [-0.3, -0.25) is 4.79 Å². The van der Waals surface area contributed by atoms with E-state index in [4.69, 9.17) is 11.6 Å². The third kappa shape index (κ3) is 2.84. The maximum atomic E-state index is 13.3. The van der Waals surface area contributed by atoms with E-state index in [-0.39, 0.29) is 5.56 Å². The molecule has 18 heavy (non-hydrogen) atoms. The number of hydrogen-bond donors (Lipinski definition) is 1. The molecule has 0 spiro atoms. The summed E-state index contributed by atoms with van der Waals surface area (Å²) < 4.78 is 13.3. The molecule has 0 unspecified atom stereocenters. The van der Waals surface area contributed by atoms with E-state index in [0.717, 1.165) is 0 Å². The molecule has 2 aromatic rings. The first kappa shape index (κ1) is 12.5. The number of benzene rings is 1. The van der Waals surface area contributed by atoms with Gasteiger partial charge in [0.15, 0.2) is 0 Å². The van der Waals surface area contributed by atoms with E-state index >= 15 is 0 Å². The normalized spacial score (nSPS) is 10.2. The topological polar surface area (TPSA) is 42.0 Å². The van der Waals surface area contributed by atoms with Crippen molar-refractivity contribution in [1.82, 2.24) is 4.98 Å². The minimum Gasteiger partial charge on any atom is -0.321 e. The first-order chi connectivity index (χ1) is 8.56. The molecule has 1 aromatic heterocycles. The highest BCUT2D eigenvalue weighted by Gasteiger charge is 2.08. The van der Waals surface area contributed by atoms with Crippen molar-refractivity contribution in [2.45, 2.75) is 6.92 Å². The van der Waals surface area contributed by atoms with Gasteiger partial charge in [0, 0.05) is 5.56 Å². The van der Waals surface area contributed by atoms with Crippen LogP contribution < -0.4 is 5.32 Å². The van der Waals surface area contributed by atoms with Crippen LogP contribution in [-0.4, -0.2) is 10.9 Å². The molecule has 0 aliphatic carbocycles. The zero-order valence-corrected chi connectivity index (χ0v) is 10.3. The molecule has 2 rings (SSSR count). The number of halogens is 2. The average Bonchev–Trinajstić information content (AvgIpc) is 2.35. The molecule has 0 aliphatic heterocycles. The summed E-state index contributed by atoms with van der Waals surface area (Å²) in [6.07, 6.45) is 1.44. The van der Waals surface area contributed by atoms with Crippen LogP contribution in [0, 0.1) is 12.7 Å². The van der Waals surface area contributed by atoms with Gasteiger partial charge in [0.25, 0.3) is 5.91 Å². The monoisotopic (exact) mass is 264 g/mol. The number of nitrogens with zero attached hydrogens (tertiary/aromatic N) is 1. The van der Waals surface area contributed by atoms with Crippen molar-refractivity contribution in [2.24, 2.45) is 0 Å². The van der Waals surface area contributed by atoms with E-state index in [9.17, 15) is 9.18 Å². The molecule has 3 nitrogen and oxygen atoms in total. The van der Waals surface area contributed by atoms with Gasteiger partial charge in [0.1, 0.15) is 11.0 Å². The molecule has 0 aliphatic rings. The van der Waals surface area contributed by atoms with Crippen LogP contribution >= 0.6 is 11.6 Å². The first-order valence-corrected chi connectivity index (χ1v) is 5.63. The fraction of sp³-hybridized carbons (Fsp3) is 0.0769. The molecule has 1 N–H and O–H groups in total. The molecule has 0 fully saturated rings. The number of aromatic nitrogens is 1. The Hall–Kier alpha value is -1.94. The van der Waals surface area contributed by atoms with E-state index in [1.54, 1.807) is 31.2 Å². The van der Waals surface area contributed by atoms with Crippen LogP contribution in [0.25, 0.3) is 0 Å². The van der Waals surface area contributed by atoms with Gasteiger partial charge in [0.2, 0.25) is 0 Å². The molecule has 0 saturated carbocycles. The summed E-state index contributed by atoms with van der Waals surface area (Å²) in [6.45, 7) is 1.64. The second-order valence-electron chi connectivity index (χ2n) is 3.79. The smallest absolute Gasteiger partial charge is 0.255 e. The zero-order valence-electron chi connectivity index (χ0n) is 9.58. The third-order valence-corrected chi connectivity index (χ3v) is 2.64. The summed E-state index contributed by atoms with van der Waals surface area (Å²) in [4.78, 5) is 15.7. The van der Waals surface area contributed by atoms with Crippen molar-refractivity contribution in [2.75, 3.05) is 5.32 Å². The molecule has 1 aromatic carbocycles. The lowest BCUT2D eigenvalue weighted by Crippen LogP contribution is -2.12. The van der Waals surface area contributed by atoms with Crippen LogP contribution in [-0.2, 0) is 0 Å². The highest BCUT2D eigenvalue weighted by molar-refractivity contribution is 6.29. The van der Waals surface area contributed by atoms with Gasteiger partial charge in [-0.2, -0.15) is 0 Å². The van der Waals surface area contributed by atoms with Crippen molar-refractivity contribution in [3.8, 4) is 0 Å². The van der Waals surface area contributed by atoms with E-state index in [1.807, 2.05) is 0 Å². The number of carbonyl (C=O) groups excluding carboxylic acids is 1. The highest BCUT2D eigenvalue weighted by Crippen LogP contribution is 2.13. The summed E-state index contributed by atoms with van der Waals surface area (Å²) in [5.74, 6) is -0.796. The van der Waals surface area contributed by atoms with Gasteiger partial charge >= 0.3 is 0 Å². The fourth-order valence-corrected chi connectivity index (χ4v) is 1.50. The largest absolute Gasteiger partial charge is 0.321 e. The first-order valence-electron chi connectivity index (χ1n) is 5.25. The van der Waals surface area contributed by atoms with Gasteiger partial charge in [-0.05, 0) is 36.8 Å². The van der Waals surface area contributed by atoms with Crippen molar-refractivity contribution in [3.63, 3.8) is 0 Å². The van der Waals surface area contributed by atoms with E-state index < -0.39 is 11.7 Å². The molecule has 0 bridgehead atoms. The molecular weight excluding hydrogens is 255 g/mol. The van der Waals surface area contributed by atoms with Crippen LogP contribution in [0.1, 0.15) is 15.9 Å². The molecule has 1 amide bonds. The number of amides is 1. The Morgan fingerprint density at radius 3 is 2.72 bits per heavy atom. The fourth-order valence-electron chi connectivity index (χ4n) is 1.39. The Balaban J connectivity index is 2.16. The lowest BCUT2D eigenvalue weighted by Gasteiger charge is -2.05. The predicted molar refractivity (Wildman–Crippen MR) is 68.3 cm³/mol. The van der Waals surface area contributed by atoms with Crippen molar-refractivity contribution < 1.29 is 9.18 Å². The van der Waals surface area contributed by atoms with E-state index in [2.05, 4.69) is 10.3 Å². The van der Waals surface area contributed by atoms with Crippen LogP contribution in [0.2, 0.25) is 5.15 Å². The summed E-state index contributed by atoms with van der Waals surface area (Å²) in [5.41, 5.74) is 1.26. The molecule has 0 atom stereocenters. The maximum Gasteiger partial charge on any atom is 0.255 e. The summed E-state index contributed by atoms with van der Waals surface area (Å²) in [5, 5.41) is 2.95. The van der Waals surface area contributed by atoms with Crippen LogP contribution in [0.5, 0.6) is 0 Å². The van der Waals surface area contributed by atoms with Crippen LogP contribution in [0.15, 0.2) is 36.5 Å². The Bertz CT molecular complexity index is 584. The molecule has 1 heterocycles. The molecule has 0 saturated heterocycles. The number of carbonyl (C=O) groups is 1. The summed E-state index contributed by atoms with van der Waals surface area (Å²) >= 11 is 5.63. The Kier molecular flexibility index (Phi) is 3.58. The Morgan fingerprint density at radius 1 is 1.33 bits per heavy atom. The highest BCUT2D eigenvalue weighted by atomic mass is 35.5. The molecule has 92 valence electrons. The quantitative estimate of drug-likeness (QED) is 0.845. The number of rotatable bonds is 2. The summed E-state index contributed by atoms with van der Waals surface area (Å²) in [7, 11) is 0. The zero-order chi connectivity index (χ0) is 13.1. The molecular formula is C13H10ClFN2O. The maximum absolute atomic E-state index is 13.3. The number of nitrogens with one attached hydrogen (secondary N) is 1. The van der Waals surface area contributed by atoms with E-state index in [1.165, 1.54) is 12.3 Å². The number of hydrogen-bond acceptors (Lipinski definition) is 2. The molecule has 5 heteroatoms.